The van der Waals surface area contributed by atoms with Gasteiger partial charge in [-0.3, -0.25) is 9.59 Å². The summed E-state index contributed by atoms with van der Waals surface area (Å²) in [6.45, 7) is 2.24. The zero-order valence-corrected chi connectivity index (χ0v) is 14.3. The number of carbonyl (C=O) groups is 2. The minimum absolute atomic E-state index is 0.0694. The maximum atomic E-state index is 12.1. The molecule has 0 aromatic heterocycles. The Balaban J connectivity index is 2.26. The van der Waals surface area contributed by atoms with Gasteiger partial charge in [0.1, 0.15) is 0 Å². The van der Waals surface area contributed by atoms with E-state index in [-0.39, 0.29) is 22.0 Å². The summed E-state index contributed by atoms with van der Waals surface area (Å²) in [5.74, 6) is -1.74. The SMILES string of the molecule is COCCNC(=O)c1ccc(N2C(=O)C(C)CS2(=O)=O)cc1Cl. The Morgan fingerprint density at radius 2 is 2.17 bits per heavy atom. The molecule has 0 spiro atoms. The molecule has 2 amide bonds. The van der Waals surface area contributed by atoms with Gasteiger partial charge in [0.15, 0.2) is 0 Å². The molecule has 1 saturated heterocycles. The molecule has 1 aromatic carbocycles. The number of rotatable bonds is 5. The number of sulfonamides is 1. The lowest BCUT2D eigenvalue weighted by atomic mass is 10.1. The molecule has 1 aliphatic heterocycles. The van der Waals surface area contributed by atoms with Crippen molar-refractivity contribution in [1.82, 2.24) is 5.32 Å². The average molecular weight is 361 g/mol. The summed E-state index contributed by atoms with van der Waals surface area (Å²) in [4.78, 5) is 24.0. The largest absolute Gasteiger partial charge is 0.383 e. The smallest absolute Gasteiger partial charge is 0.252 e. The van der Waals surface area contributed by atoms with Crippen LogP contribution in [-0.2, 0) is 19.6 Å². The number of benzene rings is 1. The molecule has 0 radical (unpaired) electrons. The van der Waals surface area contributed by atoms with Crippen LogP contribution in [0.3, 0.4) is 0 Å². The zero-order chi connectivity index (χ0) is 17.2. The normalized spacial score (nSPS) is 19.9. The molecule has 1 atom stereocenters. The number of carbonyl (C=O) groups excluding carboxylic acids is 2. The van der Waals surface area contributed by atoms with E-state index in [9.17, 15) is 18.0 Å². The van der Waals surface area contributed by atoms with E-state index in [0.29, 0.717) is 13.2 Å². The van der Waals surface area contributed by atoms with Gasteiger partial charge in [-0.2, -0.15) is 0 Å². The molecule has 1 aliphatic rings. The van der Waals surface area contributed by atoms with Crippen LogP contribution in [0.15, 0.2) is 18.2 Å². The molecule has 23 heavy (non-hydrogen) atoms. The van der Waals surface area contributed by atoms with E-state index < -0.39 is 27.8 Å². The molecule has 1 unspecified atom stereocenters. The van der Waals surface area contributed by atoms with Crippen molar-refractivity contribution in [2.75, 3.05) is 30.3 Å². The van der Waals surface area contributed by atoms with Crippen molar-refractivity contribution in [1.29, 1.82) is 0 Å². The lowest BCUT2D eigenvalue weighted by Gasteiger charge is -2.16. The van der Waals surface area contributed by atoms with Crippen molar-refractivity contribution in [3.63, 3.8) is 0 Å². The fourth-order valence-corrected chi connectivity index (χ4v) is 4.34. The molecule has 0 saturated carbocycles. The number of ether oxygens (including phenoxy) is 1. The van der Waals surface area contributed by atoms with E-state index in [4.69, 9.17) is 16.3 Å². The Morgan fingerprint density at radius 3 is 2.70 bits per heavy atom. The predicted octanol–water partition coefficient (Wildman–Crippen LogP) is 1.03. The number of nitrogens with zero attached hydrogens (tertiary/aromatic N) is 1. The second-order valence-electron chi connectivity index (χ2n) is 5.20. The number of hydrogen-bond donors (Lipinski definition) is 1. The number of methoxy groups -OCH3 is 1. The number of anilines is 1. The summed E-state index contributed by atoms with van der Waals surface area (Å²) in [6, 6.07) is 4.09. The monoisotopic (exact) mass is 360 g/mol. The maximum absolute atomic E-state index is 12.1. The van der Waals surface area contributed by atoms with Gasteiger partial charge < -0.3 is 10.1 Å². The van der Waals surface area contributed by atoms with E-state index in [1.54, 1.807) is 6.92 Å². The molecule has 1 heterocycles. The Hall–Kier alpha value is -1.64. The van der Waals surface area contributed by atoms with Crippen molar-refractivity contribution in [2.45, 2.75) is 6.92 Å². The summed E-state index contributed by atoms with van der Waals surface area (Å²) >= 11 is 6.07. The highest BCUT2D eigenvalue weighted by Gasteiger charge is 2.42. The summed E-state index contributed by atoms with van der Waals surface area (Å²) in [7, 11) is -2.18. The minimum Gasteiger partial charge on any atom is -0.383 e. The third-order valence-electron chi connectivity index (χ3n) is 3.38. The van der Waals surface area contributed by atoms with Crippen LogP contribution in [0.2, 0.25) is 5.02 Å². The molecule has 126 valence electrons. The van der Waals surface area contributed by atoms with Crippen LogP contribution in [0.25, 0.3) is 0 Å². The lowest BCUT2D eigenvalue weighted by molar-refractivity contribution is -0.119. The van der Waals surface area contributed by atoms with E-state index in [1.165, 1.54) is 25.3 Å². The third-order valence-corrected chi connectivity index (χ3v) is 5.57. The van der Waals surface area contributed by atoms with E-state index in [1.807, 2.05) is 0 Å². The van der Waals surface area contributed by atoms with Gasteiger partial charge >= 0.3 is 0 Å². The molecule has 1 aromatic rings. The molecular weight excluding hydrogens is 344 g/mol. The molecule has 1 fully saturated rings. The molecule has 9 heteroatoms. The second-order valence-corrected chi connectivity index (χ2v) is 7.46. The first kappa shape index (κ1) is 17.7. The van der Waals surface area contributed by atoms with Gasteiger partial charge in [0.05, 0.1) is 34.6 Å². The first-order valence-corrected chi connectivity index (χ1v) is 8.90. The van der Waals surface area contributed by atoms with Gasteiger partial charge in [0.2, 0.25) is 15.9 Å². The van der Waals surface area contributed by atoms with Crippen LogP contribution < -0.4 is 9.62 Å². The molecule has 0 aliphatic carbocycles. The van der Waals surface area contributed by atoms with Crippen LogP contribution in [0, 0.1) is 5.92 Å². The van der Waals surface area contributed by atoms with Gasteiger partial charge in [-0.25, -0.2) is 12.7 Å². The summed E-state index contributed by atoms with van der Waals surface area (Å²) in [5.41, 5.74) is 0.335. The number of amides is 2. The quantitative estimate of drug-likeness (QED) is 0.792. The molecule has 7 nitrogen and oxygen atoms in total. The van der Waals surface area contributed by atoms with Gasteiger partial charge in [-0.1, -0.05) is 18.5 Å². The Kier molecular flexibility index (Phi) is 5.28. The van der Waals surface area contributed by atoms with Crippen molar-refractivity contribution >= 4 is 39.1 Å². The standard InChI is InChI=1S/C14H17ClN2O5S/c1-9-8-23(20,21)17(14(9)19)10-3-4-11(12(15)7-10)13(18)16-5-6-22-2/h3-4,7,9H,5-6,8H2,1-2H3,(H,16,18). The summed E-state index contributed by atoms with van der Waals surface area (Å²) < 4.78 is 29.7. The third kappa shape index (κ3) is 3.65. The lowest BCUT2D eigenvalue weighted by Crippen LogP contribution is -2.30. The van der Waals surface area contributed by atoms with Crippen molar-refractivity contribution in [2.24, 2.45) is 5.92 Å². The fraction of sp³-hybridized carbons (Fsp3) is 0.429. The minimum atomic E-state index is -3.70. The van der Waals surface area contributed by atoms with Gasteiger partial charge in [-0.15, -0.1) is 0 Å². The van der Waals surface area contributed by atoms with Crippen molar-refractivity contribution < 1.29 is 22.7 Å². The Morgan fingerprint density at radius 1 is 1.48 bits per heavy atom. The molecule has 2 rings (SSSR count). The first-order valence-electron chi connectivity index (χ1n) is 6.91. The highest BCUT2D eigenvalue weighted by molar-refractivity contribution is 7.94. The van der Waals surface area contributed by atoms with Crippen LogP contribution in [0.1, 0.15) is 17.3 Å². The van der Waals surface area contributed by atoms with E-state index in [2.05, 4.69) is 5.32 Å². The van der Waals surface area contributed by atoms with Crippen molar-refractivity contribution in [3.8, 4) is 0 Å². The Bertz CT molecular complexity index is 735. The first-order chi connectivity index (χ1) is 10.8. The van der Waals surface area contributed by atoms with E-state index in [0.717, 1.165) is 4.31 Å². The number of halogens is 1. The van der Waals surface area contributed by atoms with Gasteiger partial charge in [0.25, 0.3) is 5.91 Å². The summed E-state index contributed by atoms with van der Waals surface area (Å²) in [6.07, 6.45) is 0. The molecular formula is C14H17ClN2O5S. The molecule has 0 bridgehead atoms. The van der Waals surface area contributed by atoms with Crippen LogP contribution >= 0.6 is 11.6 Å². The van der Waals surface area contributed by atoms with Gasteiger partial charge in [-0.05, 0) is 18.2 Å². The second kappa shape index (κ2) is 6.86. The molecule has 1 N–H and O–H groups in total. The fourth-order valence-electron chi connectivity index (χ4n) is 2.26. The Labute approximate surface area is 139 Å². The van der Waals surface area contributed by atoms with Crippen molar-refractivity contribution in [3.05, 3.63) is 28.8 Å². The average Bonchev–Trinajstić information content (AvgIpc) is 2.67. The predicted molar refractivity (Wildman–Crippen MR) is 86.1 cm³/mol. The highest BCUT2D eigenvalue weighted by atomic mass is 35.5. The van der Waals surface area contributed by atoms with Crippen LogP contribution in [0.5, 0.6) is 0 Å². The van der Waals surface area contributed by atoms with E-state index >= 15 is 0 Å². The van der Waals surface area contributed by atoms with Crippen LogP contribution in [-0.4, -0.2) is 46.2 Å². The maximum Gasteiger partial charge on any atom is 0.252 e. The number of nitrogens with one attached hydrogen (secondary N) is 1. The topological polar surface area (TPSA) is 92.8 Å². The van der Waals surface area contributed by atoms with Gasteiger partial charge in [0, 0.05) is 13.7 Å². The zero-order valence-electron chi connectivity index (χ0n) is 12.7. The number of hydrogen-bond acceptors (Lipinski definition) is 5. The highest BCUT2D eigenvalue weighted by Crippen LogP contribution is 2.31. The van der Waals surface area contributed by atoms with Crippen LogP contribution in [0.4, 0.5) is 5.69 Å². The summed E-state index contributed by atoms with van der Waals surface area (Å²) in [5, 5.41) is 2.68.